The van der Waals surface area contributed by atoms with Gasteiger partial charge in [-0.25, -0.2) is 0 Å². The quantitative estimate of drug-likeness (QED) is 0.171. The van der Waals surface area contributed by atoms with Crippen LogP contribution in [0, 0.1) is 0 Å². The average Bonchev–Trinajstić information content (AvgIpc) is 3.79. The summed E-state index contributed by atoms with van der Waals surface area (Å²) < 4.78 is 4.98. The minimum atomic E-state index is 1.10. The van der Waals surface area contributed by atoms with E-state index in [0.717, 1.165) is 22.7 Å². The van der Waals surface area contributed by atoms with Gasteiger partial charge in [0.15, 0.2) is 0 Å². The van der Waals surface area contributed by atoms with E-state index in [0.29, 0.717) is 0 Å². The molecular weight excluding hydrogens is 687 g/mol. The highest BCUT2D eigenvalue weighted by atomic mass is 32.1. The van der Waals surface area contributed by atoms with E-state index in [-0.39, 0.29) is 0 Å². The van der Waals surface area contributed by atoms with Gasteiger partial charge < -0.3 is 9.47 Å². The molecule has 0 unspecified atom stereocenters. The van der Waals surface area contributed by atoms with Crippen molar-refractivity contribution in [2.24, 2.45) is 0 Å². The number of thiophene rings is 1. The van der Waals surface area contributed by atoms with E-state index >= 15 is 0 Å². The lowest BCUT2D eigenvalue weighted by atomic mass is 10.0. The van der Waals surface area contributed by atoms with E-state index in [2.05, 4.69) is 203 Å². The maximum Gasteiger partial charge on any atom is 0.0561 e. The predicted molar refractivity (Wildman–Crippen MR) is 235 cm³/mol. The zero-order valence-corrected chi connectivity index (χ0v) is 30.6. The van der Waals surface area contributed by atoms with Gasteiger partial charge in [0.25, 0.3) is 0 Å². The minimum absolute atomic E-state index is 1.10. The number of anilines is 3. The van der Waals surface area contributed by atoms with Crippen molar-refractivity contribution in [1.29, 1.82) is 0 Å². The maximum atomic E-state index is 4.37. The second-order valence-electron chi connectivity index (χ2n) is 14.0. The molecule has 0 aliphatic heterocycles. The number of benzene rings is 8. The molecule has 0 aliphatic carbocycles. The summed E-state index contributed by atoms with van der Waals surface area (Å²) >= 11 is 1.86. The summed E-state index contributed by atoms with van der Waals surface area (Å²) in [5.41, 5.74) is 11.7. The first-order valence-corrected chi connectivity index (χ1v) is 19.4. The summed E-state index contributed by atoms with van der Waals surface area (Å²) in [7, 11) is 0. The van der Waals surface area contributed by atoms with Crippen LogP contribution in [0.1, 0.15) is 0 Å². The van der Waals surface area contributed by atoms with E-state index in [1.54, 1.807) is 0 Å². The van der Waals surface area contributed by atoms with Gasteiger partial charge in [0.05, 0.1) is 11.0 Å². The number of para-hydroxylation sites is 2. The number of fused-ring (bicyclic) bond motifs is 7. The molecule has 0 saturated heterocycles. The van der Waals surface area contributed by atoms with Gasteiger partial charge >= 0.3 is 0 Å². The highest BCUT2D eigenvalue weighted by molar-refractivity contribution is 7.26. The van der Waals surface area contributed by atoms with E-state index < -0.39 is 0 Å². The Morgan fingerprint density at radius 3 is 1.89 bits per heavy atom. The molecule has 0 N–H and O–H groups in total. The van der Waals surface area contributed by atoms with E-state index in [1.807, 2.05) is 23.7 Å². The van der Waals surface area contributed by atoms with Gasteiger partial charge in [-0.2, -0.15) is 0 Å². The molecule has 11 rings (SSSR count). The molecule has 3 heterocycles. The van der Waals surface area contributed by atoms with Gasteiger partial charge in [0, 0.05) is 71.5 Å². The number of hydrogen-bond donors (Lipinski definition) is 0. The Balaban J connectivity index is 1.06. The standard InChI is InChI=1S/C51H33N3S/c1-3-10-34(11-4-1)35-18-22-40(23-19-35)53(42-26-27-45-44-14-7-8-17-48(44)54(49(45)32-42)39-12-5-2-6-13-39)41-24-20-36(21-25-41)43-15-9-16-46-47-30-37-28-29-52-33-38(37)31-50(47)55-51(43)46/h1-33H. The van der Waals surface area contributed by atoms with Crippen molar-refractivity contribution in [2.45, 2.75) is 0 Å². The van der Waals surface area contributed by atoms with Crippen molar-refractivity contribution in [1.82, 2.24) is 9.55 Å². The molecule has 11 aromatic rings. The number of pyridine rings is 1. The SMILES string of the molecule is c1ccc(-c2ccc(N(c3ccc(-c4cccc5c4sc4cc6cnccc6cc45)cc3)c3ccc4c5ccccc5n(-c5ccccc5)c4c3)cc2)cc1. The topological polar surface area (TPSA) is 21.1 Å². The molecule has 4 heteroatoms. The van der Waals surface area contributed by atoms with Gasteiger partial charge in [-0.05, 0) is 100 Å². The molecule has 258 valence electrons. The lowest BCUT2D eigenvalue weighted by Gasteiger charge is -2.26. The Hall–Kier alpha value is -7.01. The summed E-state index contributed by atoms with van der Waals surface area (Å²) in [6, 6.07) is 68.3. The fourth-order valence-corrected chi connectivity index (χ4v) is 9.50. The lowest BCUT2D eigenvalue weighted by Crippen LogP contribution is -2.10. The fraction of sp³-hybridized carbons (Fsp3) is 0. The lowest BCUT2D eigenvalue weighted by molar-refractivity contribution is 1.18. The fourth-order valence-electron chi connectivity index (χ4n) is 8.23. The first-order valence-electron chi connectivity index (χ1n) is 18.6. The third kappa shape index (κ3) is 5.30. The van der Waals surface area contributed by atoms with Crippen LogP contribution in [-0.2, 0) is 0 Å². The number of rotatable bonds is 6. The molecule has 0 saturated carbocycles. The van der Waals surface area contributed by atoms with Crippen LogP contribution >= 0.6 is 11.3 Å². The van der Waals surface area contributed by atoms with Gasteiger partial charge in [-0.15, -0.1) is 11.3 Å². The van der Waals surface area contributed by atoms with E-state index in [1.165, 1.54) is 75.0 Å². The van der Waals surface area contributed by atoms with Gasteiger partial charge in [0.1, 0.15) is 0 Å². The second kappa shape index (κ2) is 12.8. The molecule has 3 nitrogen and oxygen atoms in total. The van der Waals surface area contributed by atoms with Crippen LogP contribution in [0.25, 0.3) is 80.7 Å². The minimum Gasteiger partial charge on any atom is -0.310 e. The maximum absolute atomic E-state index is 4.37. The smallest absolute Gasteiger partial charge is 0.0561 e. The van der Waals surface area contributed by atoms with Gasteiger partial charge in [-0.1, -0.05) is 115 Å². The normalized spacial score (nSPS) is 11.6. The zero-order chi connectivity index (χ0) is 36.3. The summed E-state index contributed by atoms with van der Waals surface area (Å²) in [4.78, 5) is 6.74. The molecular formula is C51H33N3S. The third-order valence-electron chi connectivity index (χ3n) is 10.9. The number of hydrogen-bond acceptors (Lipinski definition) is 3. The number of aromatic nitrogens is 2. The molecule has 3 aromatic heterocycles. The first-order chi connectivity index (χ1) is 27.3. The van der Waals surface area contributed by atoms with Crippen molar-refractivity contribution < 1.29 is 0 Å². The number of nitrogens with zero attached hydrogens (tertiary/aromatic N) is 3. The predicted octanol–water partition coefficient (Wildman–Crippen LogP) is 14.5. The van der Waals surface area contributed by atoms with Crippen LogP contribution in [0.4, 0.5) is 17.1 Å². The van der Waals surface area contributed by atoms with Crippen molar-refractivity contribution in [2.75, 3.05) is 4.90 Å². The Bertz CT molecular complexity index is 3180. The Kier molecular flexibility index (Phi) is 7.35. The van der Waals surface area contributed by atoms with Crippen LogP contribution in [0.3, 0.4) is 0 Å². The molecule has 0 spiro atoms. The van der Waals surface area contributed by atoms with Crippen LogP contribution in [0.15, 0.2) is 200 Å². The molecule has 0 amide bonds. The molecule has 0 fully saturated rings. The summed E-state index contributed by atoms with van der Waals surface area (Å²) in [5.74, 6) is 0. The van der Waals surface area contributed by atoms with Crippen LogP contribution < -0.4 is 4.90 Å². The third-order valence-corrected chi connectivity index (χ3v) is 12.1. The summed E-state index contributed by atoms with van der Waals surface area (Å²) in [6.07, 6.45) is 3.83. The van der Waals surface area contributed by atoms with Crippen LogP contribution in [-0.4, -0.2) is 9.55 Å². The van der Waals surface area contributed by atoms with Crippen molar-refractivity contribution in [3.8, 4) is 27.9 Å². The molecule has 8 aromatic carbocycles. The van der Waals surface area contributed by atoms with Gasteiger partial charge in [0.2, 0.25) is 0 Å². The first kappa shape index (κ1) is 31.5. The van der Waals surface area contributed by atoms with Crippen LogP contribution in [0.5, 0.6) is 0 Å². The zero-order valence-electron chi connectivity index (χ0n) is 29.8. The molecule has 0 aliphatic rings. The Morgan fingerprint density at radius 1 is 0.436 bits per heavy atom. The molecule has 0 atom stereocenters. The van der Waals surface area contributed by atoms with E-state index in [4.69, 9.17) is 0 Å². The van der Waals surface area contributed by atoms with Crippen LogP contribution in [0.2, 0.25) is 0 Å². The summed E-state index contributed by atoms with van der Waals surface area (Å²) in [5, 5.41) is 7.46. The molecule has 0 bridgehead atoms. The van der Waals surface area contributed by atoms with Crippen molar-refractivity contribution in [3.05, 3.63) is 200 Å². The summed E-state index contributed by atoms with van der Waals surface area (Å²) in [6.45, 7) is 0. The monoisotopic (exact) mass is 719 g/mol. The van der Waals surface area contributed by atoms with E-state index in [9.17, 15) is 0 Å². The average molecular weight is 720 g/mol. The Labute approximate surface area is 322 Å². The highest BCUT2D eigenvalue weighted by Gasteiger charge is 2.19. The highest BCUT2D eigenvalue weighted by Crippen LogP contribution is 2.44. The molecule has 55 heavy (non-hydrogen) atoms. The van der Waals surface area contributed by atoms with Gasteiger partial charge in [-0.3, -0.25) is 4.98 Å². The van der Waals surface area contributed by atoms with Crippen molar-refractivity contribution >= 4 is 81.1 Å². The molecule has 0 radical (unpaired) electrons. The second-order valence-corrected chi connectivity index (χ2v) is 15.1. The Morgan fingerprint density at radius 2 is 1.09 bits per heavy atom. The van der Waals surface area contributed by atoms with Crippen molar-refractivity contribution in [3.63, 3.8) is 0 Å². The largest absolute Gasteiger partial charge is 0.310 e.